The molecule has 2 heterocycles. The molecule has 0 spiro atoms. The second-order valence-corrected chi connectivity index (χ2v) is 11.5. The third kappa shape index (κ3) is 1.96. The van der Waals surface area contributed by atoms with Gasteiger partial charge in [0.1, 0.15) is 0 Å². The monoisotopic (exact) mass is 538 g/mol. The van der Waals surface area contributed by atoms with Gasteiger partial charge < -0.3 is 0 Å². The smallest absolute Gasteiger partial charge is 0.259 e. The number of H-pyrrole nitrogens is 2. The van der Waals surface area contributed by atoms with Gasteiger partial charge in [0.2, 0.25) is 0 Å². The van der Waals surface area contributed by atoms with E-state index in [0.717, 1.165) is 70.0 Å². The van der Waals surface area contributed by atoms with Gasteiger partial charge in [0.05, 0.1) is 21.5 Å². The fourth-order valence-electron chi connectivity index (χ4n) is 8.42. The van der Waals surface area contributed by atoms with Crippen molar-refractivity contribution < 1.29 is 0 Å². The van der Waals surface area contributed by atoms with E-state index in [9.17, 15) is 19.2 Å². The Bertz CT molecular complexity index is 3260. The number of hydrogen-bond acceptors (Lipinski definition) is 4. The van der Waals surface area contributed by atoms with Crippen LogP contribution in [0.25, 0.3) is 108 Å². The van der Waals surface area contributed by atoms with Crippen molar-refractivity contribution in [3.05, 3.63) is 114 Å². The van der Waals surface area contributed by atoms with E-state index in [4.69, 9.17) is 0 Å². The lowest BCUT2D eigenvalue weighted by Crippen LogP contribution is -2.06. The molecule has 0 fully saturated rings. The lowest BCUT2D eigenvalue weighted by Gasteiger charge is -2.24. The van der Waals surface area contributed by atoms with E-state index in [2.05, 4.69) is 40.3 Å². The van der Waals surface area contributed by atoms with Crippen molar-refractivity contribution in [3.8, 4) is 0 Å². The summed E-state index contributed by atoms with van der Waals surface area (Å²) in [5, 5.41) is 15.4. The fraction of sp³-hybridized carbons (Fsp3) is 0. The first-order chi connectivity index (χ1) is 20.5. The zero-order valence-corrected chi connectivity index (χ0v) is 21.6. The molecule has 0 saturated carbocycles. The summed E-state index contributed by atoms with van der Waals surface area (Å²) in [4.78, 5) is 59.1. The van der Waals surface area contributed by atoms with Gasteiger partial charge in [0.15, 0.2) is 0 Å². The highest BCUT2D eigenvalue weighted by Gasteiger charge is 2.30. The first-order valence-corrected chi connectivity index (χ1v) is 13.8. The zero-order chi connectivity index (χ0) is 27.8. The van der Waals surface area contributed by atoms with Crippen LogP contribution in [0.2, 0.25) is 0 Å². The topological polar surface area (TPSA) is 99.9 Å². The maximum atomic E-state index is 13.7. The van der Waals surface area contributed by atoms with Crippen LogP contribution in [0.1, 0.15) is 0 Å². The van der Waals surface area contributed by atoms with Crippen LogP contribution in [-0.2, 0) is 0 Å². The molecule has 11 aromatic rings. The second kappa shape index (κ2) is 6.37. The van der Waals surface area contributed by atoms with E-state index in [-0.39, 0.29) is 21.5 Å². The van der Waals surface area contributed by atoms with Gasteiger partial charge in [0.25, 0.3) is 22.2 Å². The van der Waals surface area contributed by atoms with Gasteiger partial charge >= 0.3 is 0 Å². The minimum absolute atomic E-state index is 0.169. The molecule has 0 unspecified atom stereocenters. The minimum atomic E-state index is -0.551. The van der Waals surface area contributed by atoms with Crippen molar-refractivity contribution in [2.75, 3.05) is 0 Å². The average Bonchev–Trinajstić information content (AvgIpc) is 3.48. The van der Waals surface area contributed by atoms with Crippen molar-refractivity contribution >= 4 is 108 Å². The van der Waals surface area contributed by atoms with Crippen molar-refractivity contribution in [1.82, 2.24) is 9.97 Å². The lowest BCUT2D eigenvalue weighted by atomic mass is 9.77. The molecule has 42 heavy (non-hydrogen) atoms. The van der Waals surface area contributed by atoms with Gasteiger partial charge in [0, 0.05) is 21.5 Å². The van der Waals surface area contributed by atoms with E-state index in [1.807, 2.05) is 42.5 Å². The van der Waals surface area contributed by atoms with Crippen LogP contribution in [0.15, 0.2) is 92.0 Å². The van der Waals surface area contributed by atoms with Gasteiger partial charge in [-0.1, -0.05) is 72.8 Å². The first kappa shape index (κ1) is 20.9. The largest absolute Gasteiger partial charge is 0.288 e. The quantitative estimate of drug-likeness (QED) is 0.170. The molecule has 0 aliphatic rings. The summed E-state index contributed by atoms with van der Waals surface area (Å²) in [7, 11) is 0. The number of aromatic amines is 2. The zero-order valence-electron chi connectivity index (χ0n) is 21.6. The number of hydrogen-bond donors (Lipinski definition) is 2. The van der Waals surface area contributed by atoms with Gasteiger partial charge in [-0.25, -0.2) is 0 Å². The summed E-state index contributed by atoms with van der Waals surface area (Å²) >= 11 is 0. The van der Waals surface area contributed by atoms with E-state index < -0.39 is 22.2 Å². The Morgan fingerprint density at radius 3 is 1.33 bits per heavy atom. The molecule has 0 amide bonds. The molecule has 0 bridgehead atoms. The number of rotatable bonds is 0. The molecular formula is C36H14N2O4. The molecule has 2 N–H and O–H groups in total. The molecule has 6 heteroatoms. The predicted octanol–water partition coefficient (Wildman–Crippen LogP) is 6.50. The third-order valence-corrected chi connectivity index (χ3v) is 9.77. The molecular weight excluding hydrogens is 524 g/mol. The third-order valence-electron chi connectivity index (χ3n) is 9.77. The van der Waals surface area contributed by atoms with E-state index in [0.29, 0.717) is 16.2 Å². The maximum absolute atomic E-state index is 13.7. The maximum Gasteiger partial charge on any atom is 0.259 e. The molecule has 2 aromatic heterocycles. The van der Waals surface area contributed by atoms with Gasteiger partial charge in [-0.15, -0.1) is 0 Å². The van der Waals surface area contributed by atoms with Crippen molar-refractivity contribution in [2.24, 2.45) is 0 Å². The normalized spacial score (nSPS) is 13.1. The van der Waals surface area contributed by atoms with Crippen LogP contribution in [0, 0.1) is 0 Å². The molecule has 0 saturated heterocycles. The van der Waals surface area contributed by atoms with E-state index in [1.165, 1.54) is 0 Å². The summed E-state index contributed by atoms with van der Waals surface area (Å²) in [6, 6.07) is 24.6. The van der Waals surface area contributed by atoms with Crippen LogP contribution >= 0.6 is 0 Å². The number of nitrogens with one attached hydrogen (secondary N) is 2. The fourth-order valence-corrected chi connectivity index (χ4v) is 8.42. The van der Waals surface area contributed by atoms with Crippen molar-refractivity contribution in [2.45, 2.75) is 0 Å². The van der Waals surface area contributed by atoms with E-state index in [1.54, 1.807) is 0 Å². The van der Waals surface area contributed by atoms with Gasteiger partial charge in [-0.05, 0) is 64.6 Å². The van der Waals surface area contributed by atoms with Crippen molar-refractivity contribution in [1.29, 1.82) is 0 Å². The van der Waals surface area contributed by atoms with Crippen LogP contribution < -0.4 is 22.2 Å². The molecule has 0 aliphatic heterocycles. The predicted molar refractivity (Wildman–Crippen MR) is 171 cm³/mol. The van der Waals surface area contributed by atoms with Crippen LogP contribution in [0.3, 0.4) is 0 Å². The summed E-state index contributed by atoms with van der Waals surface area (Å²) < 4.78 is 0. The highest BCUT2D eigenvalue weighted by atomic mass is 16.2. The molecule has 11 rings (SSSR count). The summed E-state index contributed by atoms with van der Waals surface area (Å²) in [5.41, 5.74) is -2.08. The average molecular weight is 539 g/mol. The Kier molecular flexibility index (Phi) is 3.18. The molecule has 9 aromatic carbocycles. The van der Waals surface area contributed by atoms with Gasteiger partial charge in [-0.3, -0.25) is 29.1 Å². The van der Waals surface area contributed by atoms with Crippen LogP contribution in [0.5, 0.6) is 0 Å². The SMILES string of the molecule is O=c1[nH]c(=O)c2c1c1ccc3ccc4c5ccccc5c5c6ccccc6c6c7c(=O)[nH]c(=O)c7c2c2c1c3c4c5c62. The highest BCUT2D eigenvalue weighted by Crippen LogP contribution is 2.55. The number of aromatic nitrogens is 2. The second-order valence-electron chi connectivity index (χ2n) is 11.5. The Morgan fingerprint density at radius 1 is 0.286 bits per heavy atom. The van der Waals surface area contributed by atoms with Gasteiger partial charge in [-0.2, -0.15) is 0 Å². The highest BCUT2D eigenvalue weighted by molar-refractivity contribution is 6.56. The Morgan fingerprint density at radius 2 is 0.667 bits per heavy atom. The lowest BCUT2D eigenvalue weighted by molar-refractivity contribution is 1.26. The van der Waals surface area contributed by atoms with Crippen molar-refractivity contribution in [3.63, 3.8) is 0 Å². The molecule has 192 valence electrons. The summed E-state index contributed by atoms with van der Waals surface area (Å²) in [6.07, 6.45) is 0. The van der Waals surface area contributed by atoms with E-state index >= 15 is 0 Å². The Hall–Kier alpha value is -5.88. The number of benzene rings is 9. The molecule has 0 aliphatic carbocycles. The van der Waals surface area contributed by atoms with Crippen LogP contribution in [-0.4, -0.2) is 9.97 Å². The Labute approximate surface area is 231 Å². The molecule has 0 radical (unpaired) electrons. The first-order valence-electron chi connectivity index (χ1n) is 13.8. The minimum Gasteiger partial charge on any atom is -0.288 e. The summed E-state index contributed by atoms with van der Waals surface area (Å²) in [5.74, 6) is 0. The Balaban J connectivity index is 1.76. The van der Waals surface area contributed by atoms with Crippen LogP contribution in [0.4, 0.5) is 0 Å². The number of fused-ring (bicyclic) bond motifs is 12. The molecule has 6 nitrogen and oxygen atoms in total. The summed E-state index contributed by atoms with van der Waals surface area (Å²) in [6.45, 7) is 0. The standard InChI is InChI=1S/C36H14N2O4/c39-33-25-19-12-10-13-9-11-18-14-5-1-2-6-15(14)21-16-7-3-4-8-17(16)23-27-26(21)22(18)20(13)24(19)28(27)29(31(25)35(41)37-33)32-30(23)34(40)38-36(32)42/h1-12H,(H,37,39,41)(H,38,40,42). The molecule has 0 atom stereocenters.